The van der Waals surface area contributed by atoms with Crippen LogP contribution in [0.3, 0.4) is 0 Å². The van der Waals surface area contributed by atoms with Crippen LogP contribution in [0.5, 0.6) is 0 Å². The number of carboxylic acids is 1. The average Bonchev–Trinajstić information content (AvgIpc) is 2.77. The lowest BCUT2D eigenvalue weighted by atomic mass is 10.1. The second-order valence-corrected chi connectivity index (χ2v) is 4.34. The third-order valence-electron chi connectivity index (χ3n) is 2.56. The molecule has 0 saturated heterocycles. The third kappa shape index (κ3) is 2.39. The summed E-state index contributed by atoms with van der Waals surface area (Å²) >= 11 is 6.03. The van der Waals surface area contributed by atoms with Crippen molar-refractivity contribution in [3.8, 4) is 0 Å². The molecule has 0 bridgehead atoms. The topological polar surface area (TPSA) is 70.7 Å². The Kier molecular flexibility index (Phi) is 3.41. The van der Waals surface area contributed by atoms with Crippen LogP contribution in [0.4, 0.5) is 0 Å². The lowest BCUT2D eigenvalue weighted by Crippen LogP contribution is -2.00. The van der Waals surface area contributed by atoms with Crippen LogP contribution in [0.15, 0.2) is 34.7 Å². The van der Waals surface area contributed by atoms with Crippen molar-refractivity contribution in [1.29, 1.82) is 0 Å². The zero-order valence-electron chi connectivity index (χ0n) is 9.55. The molecule has 0 aliphatic rings. The van der Waals surface area contributed by atoms with E-state index in [-0.39, 0.29) is 11.5 Å². The summed E-state index contributed by atoms with van der Waals surface area (Å²) in [5.41, 5.74) is 1.45. The van der Waals surface area contributed by atoms with Crippen LogP contribution in [0.25, 0.3) is 0 Å². The molecule has 5 heteroatoms. The minimum atomic E-state index is -1.18. The van der Waals surface area contributed by atoms with Crippen molar-refractivity contribution < 1.29 is 19.4 Å². The molecule has 0 saturated carbocycles. The lowest BCUT2D eigenvalue weighted by molar-refractivity contribution is 0.0655. The number of halogens is 1. The molecule has 2 rings (SSSR count). The molecule has 94 valence electrons. The van der Waals surface area contributed by atoms with E-state index in [0.717, 1.165) is 5.56 Å². The molecule has 2 aromatic rings. The Bertz CT molecular complexity index is 588. The number of carboxylic acid groups (broad SMARTS) is 1. The molecule has 1 atom stereocenters. The molecule has 0 amide bonds. The Morgan fingerprint density at radius 1 is 1.33 bits per heavy atom. The molecule has 1 unspecified atom stereocenters. The summed E-state index contributed by atoms with van der Waals surface area (Å²) in [6.45, 7) is 1.89. The Balaban J connectivity index is 2.35. The first-order valence-corrected chi connectivity index (χ1v) is 5.64. The van der Waals surface area contributed by atoms with Crippen molar-refractivity contribution in [3.05, 3.63) is 58.0 Å². The number of furan rings is 1. The number of aromatic carboxylic acids is 1. The van der Waals surface area contributed by atoms with Gasteiger partial charge in [-0.2, -0.15) is 0 Å². The zero-order chi connectivity index (χ0) is 13.3. The number of benzene rings is 1. The Morgan fingerprint density at radius 3 is 2.61 bits per heavy atom. The summed E-state index contributed by atoms with van der Waals surface area (Å²) in [7, 11) is 0. The molecular formula is C13H11ClO4. The highest BCUT2D eigenvalue weighted by Crippen LogP contribution is 2.29. The van der Waals surface area contributed by atoms with Crippen molar-refractivity contribution in [3.63, 3.8) is 0 Å². The fourth-order valence-corrected chi connectivity index (χ4v) is 1.96. The fraction of sp³-hybridized carbons (Fsp3) is 0.154. The highest BCUT2D eigenvalue weighted by molar-refractivity contribution is 6.31. The third-order valence-corrected chi connectivity index (χ3v) is 2.88. The number of aliphatic hydroxyl groups is 1. The van der Waals surface area contributed by atoms with Gasteiger partial charge < -0.3 is 14.6 Å². The molecule has 0 radical (unpaired) electrons. The van der Waals surface area contributed by atoms with Crippen LogP contribution < -0.4 is 0 Å². The minimum absolute atomic E-state index is 0.151. The van der Waals surface area contributed by atoms with Gasteiger partial charge in [0.05, 0.1) is 0 Å². The zero-order valence-corrected chi connectivity index (χ0v) is 10.3. The second-order valence-electron chi connectivity index (χ2n) is 3.93. The van der Waals surface area contributed by atoms with Gasteiger partial charge >= 0.3 is 5.97 Å². The highest BCUT2D eigenvalue weighted by Gasteiger charge is 2.19. The Labute approximate surface area is 108 Å². The molecule has 2 N–H and O–H groups in total. The largest absolute Gasteiger partial charge is 0.475 e. The van der Waals surface area contributed by atoms with E-state index in [1.54, 1.807) is 12.1 Å². The minimum Gasteiger partial charge on any atom is -0.475 e. The first-order chi connectivity index (χ1) is 8.49. The molecule has 0 aliphatic carbocycles. The number of aliphatic hydroxyl groups excluding tert-OH is 1. The maximum atomic E-state index is 10.7. The molecule has 1 aromatic heterocycles. The van der Waals surface area contributed by atoms with E-state index in [2.05, 4.69) is 0 Å². The van der Waals surface area contributed by atoms with E-state index in [0.29, 0.717) is 10.6 Å². The number of carbonyl (C=O) groups is 1. The summed E-state index contributed by atoms with van der Waals surface area (Å²) in [4.78, 5) is 10.7. The van der Waals surface area contributed by atoms with Crippen molar-refractivity contribution >= 4 is 17.6 Å². The van der Waals surface area contributed by atoms with Crippen molar-refractivity contribution in [1.82, 2.24) is 0 Å². The van der Waals surface area contributed by atoms with E-state index in [1.165, 1.54) is 12.1 Å². The predicted octanol–water partition coefficient (Wildman–Crippen LogP) is 3.02. The smallest absolute Gasteiger partial charge is 0.371 e. The highest BCUT2D eigenvalue weighted by atomic mass is 35.5. The van der Waals surface area contributed by atoms with Crippen LogP contribution in [0.2, 0.25) is 5.02 Å². The van der Waals surface area contributed by atoms with Crippen LogP contribution in [-0.4, -0.2) is 16.2 Å². The van der Waals surface area contributed by atoms with Gasteiger partial charge in [0.15, 0.2) is 0 Å². The molecule has 18 heavy (non-hydrogen) atoms. The van der Waals surface area contributed by atoms with Gasteiger partial charge in [0.1, 0.15) is 11.9 Å². The normalized spacial score (nSPS) is 12.4. The second kappa shape index (κ2) is 4.84. The summed E-state index contributed by atoms with van der Waals surface area (Å²) in [5, 5.41) is 19.2. The molecule has 0 spiro atoms. The summed E-state index contributed by atoms with van der Waals surface area (Å²) in [5.74, 6) is -1.24. The number of hydrogen-bond acceptors (Lipinski definition) is 3. The molecule has 1 aromatic carbocycles. The van der Waals surface area contributed by atoms with Crippen molar-refractivity contribution in [2.45, 2.75) is 13.0 Å². The maximum Gasteiger partial charge on any atom is 0.371 e. The number of rotatable bonds is 3. The van der Waals surface area contributed by atoms with Gasteiger partial charge in [-0.15, -0.1) is 0 Å². The SMILES string of the molecule is Cc1ccc(C(O)c2ccc(C(=O)O)o2)c(Cl)c1. The van der Waals surface area contributed by atoms with Gasteiger partial charge in [0.25, 0.3) is 0 Å². The van der Waals surface area contributed by atoms with Gasteiger partial charge in [-0.05, 0) is 30.7 Å². The molecular weight excluding hydrogens is 256 g/mol. The first-order valence-electron chi connectivity index (χ1n) is 5.26. The van der Waals surface area contributed by atoms with E-state index in [9.17, 15) is 9.90 Å². The molecule has 4 nitrogen and oxygen atoms in total. The quantitative estimate of drug-likeness (QED) is 0.896. The van der Waals surface area contributed by atoms with Crippen LogP contribution in [-0.2, 0) is 0 Å². The average molecular weight is 267 g/mol. The number of aryl methyl sites for hydroxylation is 1. The lowest BCUT2D eigenvalue weighted by Gasteiger charge is -2.10. The van der Waals surface area contributed by atoms with E-state index in [1.807, 2.05) is 13.0 Å². The molecule has 0 fully saturated rings. The van der Waals surface area contributed by atoms with E-state index in [4.69, 9.17) is 21.1 Å². The van der Waals surface area contributed by atoms with Gasteiger partial charge in [-0.1, -0.05) is 23.7 Å². The fourth-order valence-electron chi connectivity index (χ4n) is 1.62. The van der Waals surface area contributed by atoms with Crippen molar-refractivity contribution in [2.24, 2.45) is 0 Å². The summed E-state index contributed by atoms with van der Waals surface area (Å²) < 4.78 is 5.04. The van der Waals surface area contributed by atoms with Gasteiger partial charge in [-0.3, -0.25) is 0 Å². The van der Waals surface area contributed by atoms with E-state index < -0.39 is 12.1 Å². The summed E-state index contributed by atoms with van der Waals surface area (Å²) in [6, 6.07) is 7.94. The summed E-state index contributed by atoms with van der Waals surface area (Å²) in [6.07, 6.45) is -1.08. The maximum absolute atomic E-state index is 10.7. The first kappa shape index (κ1) is 12.7. The van der Waals surface area contributed by atoms with Crippen LogP contribution in [0, 0.1) is 6.92 Å². The standard InChI is InChI=1S/C13H11ClO4/c1-7-2-3-8(9(14)6-7)12(15)10-4-5-11(18-10)13(16)17/h2-6,12,15H,1H3,(H,16,17). The monoisotopic (exact) mass is 266 g/mol. The number of hydrogen-bond donors (Lipinski definition) is 2. The Morgan fingerprint density at radius 2 is 2.06 bits per heavy atom. The molecule has 1 heterocycles. The Hall–Kier alpha value is -1.78. The van der Waals surface area contributed by atoms with Gasteiger partial charge in [0.2, 0.25) is 5.76 Å². The van der Waals surface area contributed by atoms with E-state index >= 15 is 0 Å². The van der Waals surface area contributed by atoms with Crippen LogP contribution in [0.1, 0.15) is 33.5 Å². The van der Waals surface area contributed by atoms with Crippen molar-refractivity contribution in [2.75, 3.05) is 0 Å². The van der Waals surface area contributed by atoms with Gasteiger partial charge in [0, 0.05) is 10.6 Å². The van der Waals surface area contributed by atoms with Crippen LogP contribution >= 0.6 is 11.6 Å². The van der Waals surface area contributed by atoms with Gasteiger partial charge in [-0.25, -0.2) is 4.79 Å². The predicted molar refractivity (Wildman–Crippen MR) is 65.9 cm³/mol. The molecule has 0 aliphatic heterocycles.